The van der Waals surface area contributed by atoms with Crippen LogP contribution in [-0.2, 0) is 6.18 Å². The molecule has 2 nitrogen and oxygen atoms in total. The third kappa shape index (κ3) is 2.05. The van der Waals surface area contributed by atoms with Crippen molar-refractivity contribution in [2.75, 3.05) is 0 Å². The Morgan fingerprint density at radius 3 is 2.33 bits per heavy atom. The Labute approximate surface area is 103 Å². The van der Waals surface area contributed by atoms with E-state index in [2.05, 4.69) is 9.97 Å². The fourth-order valence-electron chi connectivity index (χ4n) is 2.07. The standard InChI is InChI=1S/C13H13F3N2/c1-7(2)11-9-5-4-8(3)10(13(14,15)16)12(9)18-6-17-11/h4-7H,1-3H3. The van der Waals surface area contributed by atoms with Gasteiger partial charge >= 0.3 is 6.18 Å². The van der Waals surface area contributed by atoms with Crippen molar-refractivity contribution in [1.82, 2.24) is 9.97 Å². The summed E-state index contributed by atoms with van der Waals surface area (Å²) in [6.45, 7) is 5.24. The largest absolute Gasteiger partial charge is 0.418 e. The van der Waals surface area contributed by atoms with Crippen LogP contribution >= 0.6 is 0 Å². The van der Waals surface area contributed by atoms with Gasteiger partial charge in [0, 0.05) is 5.39 Å². The molecule has 0 aliphatic heterocycles. The molecule has 1 aromatic heterocycles. The van der Waals surface area contributed by atoms with Crippen LogP contribution in [0.5, 0.6) is 0 Å². The van der Waals surface area contributed by atoms with Crippen molar-refractivity contribution in [3.8, 4) is 0 Å². The maximum absolute atomic E-state index is 13.1. The lowest BCUT2D eigenvalue weighted by atomic mass is 9.99. The van der Waals surface area contributed by atoms with Crippen molar-refractivity contribution in [2.24, 2.45) is 0 Å². The van der Waals surface area contributed by atoms with E-state index >= 15 is 0 Å². The van der Waals surface area contributed by atoms with Crippen LogP contribution < -0.4 is 0 Å². The second-order valence-corrected chi connectivity index (χ2v) is 4.56. The summed E-state index contributed by atoms with van der Waals surface area (Å²) in [5.41, 5.74) is 0.152. The number of hydrogen-bond acceptors (Lipinski definition) is 2. The first-order valence-electron chi connectivity index (χ1n) is 5.63. The van der Waals surface area contributed by atoms with Gasteiger partial charge in [0.15, 0.2) is 0 Å². The van der Waals surface area contributed by atoms with E-state index in [0.717, 1.165) is 0 Å². The van der Waals surface area contributed by atoms with Crippen LogP contribution in [0.4, 0.5) is 13.2 Å². The lowest BCUT2D eigenvalue weighted by Crippen LogP contribution is -2.10. The summed E-state index contributed by atoms with van der Waals surface area (Å²) in [6.07, 6.45) is -3.20. The highest BCUT2D eigenvalue weighted by molar-refractivity contribution is 5.85. The Bertz CT molecular complexity index is 589. The lowest BCUT2D eigenvalue weighted by molar-refractivity contribution is -0.136. The molecule has 2 rings (SSSR count). The van der Waals surface area contributed by atoms with Crippen LogP contribution in [0.2, 0.25) is 0 Å². The van der Waals surface area contributed by atoms with Gasteiger partial charge in [-0.3, -0.25) is 0 Å². The zero-order valence-electron chi connectivity index (χ0n) is 10.3. The Morgan fingerprint density at radius 1 is 1.11 bits per heavy atom. The first-order valence-corrected chi connectivity index (χ1v) is 5.63. The molecule has 18 heavy (non-hydrogen) atoms. The van der Waals surface area contributed by atoms with E-state index in [1.165, 1.54) is 19.3 Å². The van der Waals surface area contributed by atoms with Crippen LogP contribution in [0.25, 0.3) is 10.9 Å². The second kappa shape index (κ2) is 4.23. The smallest absolute Gasteiger partial charge is 0.240 e. The minimum Gasteiger partial charge on any atom is -0.240 e. The lowest BCUT2D eigenvalue weighted by Gasteiger charge is -2.15. The fraction of sp³-hybridized carbons (Fsp3) is 0.385. The molecule has 1 aromatic carbocycles. The topological polar surface area (TPSA) is 25.8 Å². The summed E-state index contributed by atoms with van der Waals surface area (Å²) in [5.74, 6) is 0.0549. The van der Waals surface area contributed by atoms with Crippen LogP contribution in [0.15, 0.2) is 18.5 Å². The van der Waals surface area contributed by atoms with Gasteiger partial charge in [0.25, 0.3) is 0 Å². The molecule has 0 atom stereocenters. The second-order valence-electron chi connectivity index (χ2n) is 4.56. The number of benzene rings is 1. The van der Waals surface area contributed by atoms with Crippen molar-refractivity contribution in [1.29, 1.82) is 0 Å². The Kier molecular flexibility index (Phi) is 3.00. The molecule has 0 N–H and O–H groups in total. The summed E-state index contributed by atoms with van der Waals surface area (Å²) < 4.78 is 39.2. The van der Waals surface area contributed by atoms with E-state index in [9.17, 15) is 13.2 Å². The molecular weight excluding hydrogens is 241 g/mol. The molecule has 0 radical (unpaired) electrons. The minimum absolute atomic E-state index is 0.0128. The summed E-state index contributed by atoms with van der Waals surface area (Å²) in [5, 5.41) is 0.477. The van der Waals surface area contributed by atoms with Crippen LogP contribution in [-0.4, -0.2) is 9.97 Å². The van der Waals surface area contributed by atoms with Gasteiger partial charge in [-0.25, -0.2) is 9.97 Å². The van der Waals surface area contributed by atoms with Crippen molar-refractivity contribution in [3.05, 3.63) is 35.3 Å². The molecule has 0 saturated carbocycles. The van der Waals surface area contributed by atoms with E-state index in [4.69, 9.17) is 0 Å². The highest BCUT2D eigenvalue weighted by Crippen LogP contribution is 2.37. The Hall–Kier alpha value is -1.65. The molecule has 0 unspecified atom stereocenters. The first kappa shape index (κ1) is 12.8. The van der Waals surface area contributed by atoms with Crippen molar-refractivity contribution in [2.45, 2.75) is 32.9 Å². The molecule has 0 aliphatic carbocycles. The van der Waals surface area contributed by atoms with Gasteiger partial charge in [-0.2, -0.15) is 13.2 Å². The Balaban J connectivity index is 2.87. The van der Waals surface area contributed by atoms with Gasteiger partial charge < -0.3 is 0 Å². The zero-order chi connectivity index (χ0) is 13.5. The molecular formula is C13H13F3N2. The molecule has 0 fully saturated rings. The molecule has 0 bridgehead atoms. The van der Waals surface area contributed by atoms with Crippen LogP contribution in [0.1, 0.15) is 36.6 Å². The van der Waals surface area contributed by atoms with E-state index in [0.29, 0.717) is 11.1 Å². The van der Waals surface area contributed by atoms with Gasteiger partial charge in [0.2, 0.25) is 0 Å². The Morgan fingerprint density at radius 2 is 1.78 bits per heavy atom. The SMILES string of the molecule is Cc1ccc2c(C(C)C)ncnc2c1C(F)(F)F. The van der Waals surface area contributed by atoms with E-state index in [1.54, 1.807) is 6.07 Å². The zero-order valence-corrected chi connectivity index (χ0v) is 10.3. The maximum Gasteiger partial charge on any atom is 0.418 e. The van der Waals surface area contributed by atoms with Crippen molar-refractivity contribution in [3.63, 3.8) is 0 Å². The van der Waals surface area contributed by atoms with Gasteiger partial charge in [-0.15, -0.1) is 0 Å². The molecule has 2 aromatic rings. The highest BCUT2D eigenvalue weighted by Gasteiger charge is 2.35. The quantitative estimate of drug-likeness (QED) is 0.766. The van der Waals surface area contributed by atoms with Gasteiger partial charge in [-0.05, 0) is 18.4 Å². The fourth-order valence-corrected chi connectivity index (χ4v) is 2.07. The third-order valence-corrected chi connectivity index (χ3v) is 2.88. The molecule has 96 valence electrons. The van der Waals surface area contributed by atoms with E-state index in [1.807, 2.05) is 13.8 Å². The molecule has 0 spiro atoms. The summed E-state index contributed by atoms with van der Waals surface area (Å²) in [6, 6.07) is 3.13. The van der Waals surface area contributed by atoms with Crippen LogP contribution in [0.3, 0.4) is 0 Å². The number of hydrogen-bond donors (Lipinski definition) is 0. The van der Waals surface area contributed by atoms with E-state index in [-0.39, 0.29) is 17.0 Å². The van der Waals surface area contributed by atoms with Gasteiger partial charge in [0.1, 0.15) is 6.33 Å². The average Bonchev–Trinajstić information content (AvgIpc) is 2.25. The third-order valence-electron chi connectivity index (χ3n) is 2.88. The molecule has 0 aliphatic rings. The number of aryl methyl sites for hydroxylation is 1. The molecule has 1 heterocycles. The maximum atomic E-state index is 13.1. The average molecular weight is 254 g/mol. The summed E-state index contributed by atoms with van der Waals surface area (Å²) in [7, 11) is 0. The number of rotatable bonds is 1. The summed E-state index contributed by atoms with van der Waals surface area (Å²) in [4.78, 5) is 7.90. The van der Waals surface area contributed by atoms with Crippen LogP contribution in [0, 0.1) is 6.92 Å². The number of fused-ring (bicyclic) bond motifs is 1. The predicted molar refractivity (Wildman–Crippen MR) is 63.4 cm³/mol. The normalized spacial score (nSPS) is 12.4. The van der Waals surface area contributed by atoms with Crippen molar-refractivity contribution < 1.29 is 13.2 Å². The number of alkyl halides is 3. The highest BCUT2D eigenvalue weighted by atomic mass is 19.4. The summed E-state index contributed by atoms with van der Waals surface area (Å²) >= 11 is 0. The number of nitrogens with zero attached hydrogens (tertiary/aromatic N) is 2. The van der Waals surface area contributed by atoms with Gasteiger partial charge in [-0.1, -0.05) is 26.0 Å². The van der Waals surface area contributed by atoms with Crippen molar-refractivity contribution >= 4 is 10.9 Å². The number of halogens is 3. The molecule has 5 heteroatoms. The monoisotopic (exact) mass is 254 g/mol. The first-order chi connectivity index (χ1) is 8.32. The molecule has 0 saturated heterocycles. The molecule has 0 amide bonds. The van der Waals surface area contributed by atoms with Gasteiger partial charge in [0.05, 0.1) is 16.8 Å². The van der Waals surface area contributed by atoms with E-state index < -0.39 is 11.7 Å². The number of aromatic nitrogens is 2. The minimum atomic E-state index is -4.40. The predicted octanol–water partition coefficient (Wildman–Crippen LogP) is 4.08.